The van der Waals surface area contributed by atoms with Crippen LogP contribution in [0, 0.1) is 0 Å². The van der Waals surface area contributed by atoms with Crippen molar-refractivity contribution in [2.75, 3.05) is 0 Å². The van der Waals surface area contributed by atoms with Gasteiger partial charge in [0.25, 0.3) is 0 Å². The Morgan fingerprint density at radius 1 is 1.06 bits per heavy atom. The van der Waals surface area contributed by atoms with Crippen LogP contribution in [-0.4, -0.2) is 23.8 Å². The number of carbonyl (C=O) groups is 2. The van der Waals surface area contributed by atoms with Crippen LogP contribution >= 0.6 is 0 Å². The van der Waals surface area contributed by atoms with Gasteiger partial charge in [-0.25, -0.2) is 0 Å². The van der Waals surface area contributed by atoms with Crippen LogP contribution in [-0.2, 0) is 4.74 Å². The fourth-order valence-electron chi connectivity index (χ4n) is 2.83. The third-order valence-electron chi connectivity index (χ3n) is 3.59. The molecule has 2 atom stereocenters. The largest absolute Gasteiger partial charge is 0.370 e. The number of Topliss-reactive ketones (excluding diaryl/α,β-unsaturated/α-hetero) is 2. The summed E-state index contributed by atoms with van der Waals surface area (Å²) in [6, 6.07) is 7.02. The van der Waals surface area contributed by atoms with Crippen molar-refractivity contribution in [2.45, 2.75) is 32.5 Å². The van der Waals surface area contributed by atoms with Gasteiger partial charge in [0.2, 0.25) is 0 Å². The minimum atomic E-state index is -0.298. The molecule has 1 aromatic rings. The summed E-state index contributed by atoms with van der Waals surface area (Å²) >= 11 is 0. The van der Waals surface area contributed by atoms with Crippen LogP contribution in [0.15, 0.2) is 35.4 Å². The lowest BCUT2D eigenvalue weighted by Crippen LogP contribution is -2.36. The number of hydrogen-bond acceptors (Lipinski definition) is 3. The van der Waals surface area contributed by atoms with Crippen LogP contribution in [0.2, 0.25) is 0 Å². The van der Waals surface area contributed by atoms with Crippen LogP contribution < -0.4 is 0 Å². The van der Waals surface area contributed by atoms with Crippen molar-refractivity contribution >= 4 is 11.6 Å². The van der Waals surface area contributed by atoms with Gasteiger partial charge in [-0.2, -0.15) is 0 Å². The molecule has 0 fully saturated rings. The summed E-state index contributed by atoms with van der Waals surface area (Å²) in [6.45, 7) is 3.77. The summed E-state index contributed by atoms with van der Waals surface area (Å²) in [5, 5.41) is 0. The molecule has 1 heterocycles. The van der Waals surface area contributed by atoms with Crippen molar-refractivity contribution in [3.05, 3.63) is 46.5 Å². The second-order valence-electron chi connectivity index (χ2n) is 4.89. The Bertz CT molecular complexity index is 583. The zero-order valence-electron chi connectivity index (χ0n) is 10.4. The molecule has 3 heteroatoms. The van der Waals surface area contributed by atoms with Crippen molar-refractivity contribution < 1.29 is 14.3 Å². The van der Waals surface area contributed by atoms with E-state index < -0.39 is 0 Å². The predicted octanol–water partition coefficient (Wildman–Crippen LogP) is 2.56. The van der Waals surface area contributed by atoms with Gasteiger partial charge in [0.15, 0.2) is 11.6 Å². The third kappa shape index (κ3) is 1.47. The van der Waals surface area contributed by atoms with Gasteiger partial charge in [-0.05, 0) is 13.8 Å². The van der Waals surface area contributed by atoms with E-state index in [0.717, 1.165) is 0 Å². The van der Waals surface area contributed by atoms with E-state index >= 15 is 0 Å². The Morgan fingerprint density at radius 2 is 1.67 bits per heavy atom. The van der Waals surface area contributed by atoms with Gasteiger partial charge in [0, 0.05) is 28.7 Å². The van der Waals surface area contributed by atoms with Crippen molar-refractivity contribution in [1.82, 2.24) is 0 Å². The predicted molar refractivity (Wildman–Crippen MR) is 66.8 cm³/mol. The molecule has 0 saturated heterocycles. The van der Waals surface area contributed by atoms with Crippen LogP contribution in [0.3, 0.4) is 0 Å². The number of hydrogen-bond donors (Lipinski definition) is 0. The maximum absolute atomic E-state index is 12.4. The summed E-state index contributed by atoms with van der Waals surface area (Å²) in [5.74, 6) is -0.0678. The van der Waals surface area contributed by atoms with Crippen molar-refractivity contribution in [3.63, 3.8) is 0 Å². The summed E-state index contributed by atoms with van der Waals surface area (Å²) in [4.78, 5) is 24.8. The molecule has 1 aliphatic heterocycles. The molecule has 18 heavy (non-hydrogen) atoms. The zero-order chi connectivity index (χ0) is 12.9. The second-order valence-corrected chi connectivity index (χ2v) is 4.89. The van der Waals surface area contributed by atoms with Gasteiger partial charge in [0.05, 0.1) is 12.2 Å². The van der Waals surface area contributed by atoms with Crippen LogP contribution in [0.1, 0.15) is 41.0 Å². The maximum Gasteiger partial charge on any atom is 0.192 e. The molecule has 1 aromatic carbocycles. The van der Waals surface area contributed by atoms with Crippen LogP contribution in [0.25, 0.3) is 0 Å². The Balaban J connectivity index is 2.20. The minimum Gasteiger partial charge on any atom is -0.370 e. The van der Waals surface area contributed by atoms with Gasteiger partial charge in [0.1, 0.15) is 0 Å². The summed E-state index contributed by atoms with van der Waals surface area (Å²) in [5.41, 5.74) is 2.23. The van der Waals surface area contributed by atoms with E-state index in [9.17, 15) is 9.59 Å². The molecule has 3 rings (SSSR count). The molecule has 0 bridgehead atoms. The quantitative estimate of drug-likeness (QED) is 0.702. The van der Waals surface area contributed by atoms with Crippen molar-refractivity contribution in [3.8, 4) is 0 Å². The monoisotopic (exact) mass is 242 g/mol. The van der Waals surface area contributed by atoms with Gasteiger partial charge in [-0.1, -0.05) is 24.3 Å². The van der Waals surface area contributed by atoms with E-state index in [1.807, 2.05) is 13.8 Å². The first-order valence-electron chi connectivity index (χ1n) is 6.16. The van der Waals surface area contributed by atoms with Crippen LogP contribution in [0.5, 0.6) is 0 Å². The highest BCUT2D eigenvalue weighted by Crippen LogP contribution is 2.35. The number of ketones is 2. The van der Waals surface area contributed by atoms with Crippen LogP contribution in [0.4, 0.5) is 0 Å². The van der Waals surface area contributed by atoms with E-state index in [2.05, 4.69) is 0 Å². The third-order valence-corrected chi connectivity index (χ3v) is 3.59. The molecular formula is C15H14O3. The smallest absolute Gasteiger partial charge is 0.192 e. The van der Waals surface area contributed by atoms with E-state index in [-0.39, 0.29) is 23.8 Å². The molecule has 92 valence electrons. The summed E-state index contributed by atoms with van der Waals surface area (Å²) in [6.07, 6.45) is 0.216. The Kier molecular flexibility index (Phi) is 2.45. The van der Waals surface area contributed by atoms with Gasteiger partial charge >= 0.3 is 0 Å². The molecule has 0 unspecified atom stereocenters. The topological polar surface area (TPSA) is 43.4 Å². The molecule has 2 aliphatic rings. The first-order chi connectivity index (χ1) is 8.59. The van der Waals surface area contributed by atoms with Gasteiger partial charge in [-0.15, -0.1) is 0 Å². The molecule has 0 N–H and O–H groups in total. The number of benzene rings is 1. The normalized spacial score (nSPS) is 27.0. The first kappa shape index (κ1) is 11.4. The molecule has 0 aromatic heterocycles. The van der Waals surface area contributed by atoms with E-state index in [1.165, 1.54) is 0 Å². The highest BCUT2D eigenvalue weighted by Gasteiger charge is 2.38. The molecule has 0 spiro atoms. The van der Waals surface area contributed by atoms with E-state index in [4.69, 9.17) is 4.74 Å². The lowest BCUT2D eigenvalue weighted by atomic mass is 9.79. The molecule has 0 radical (unpaired) electrons. The Morgan fingerprint density at radius 3 is 2.33 bits per heavy atom. The highest BCUT2D eigenvalue weighted by molar-refractivity contribution is 6.27. The molecule has 0 amide bonds. The molecular weight excluding hydrogens is 228 g/mol. The lowest BCUT2D eigenvalue weighted by Gasteiger charge is -2.32. The number of ether oxygens (including phenoxy) is 1. The SMILES string of the molecule is C[C@@H]1CC2=C(C(=O)c3ccccc3C2=O)[C@@H](C)O1. The number of rotatable bonds is 0. The van der Waals surface area contributed by atoms with E-state index in [1.54, 1.807) is 24.3 Å². The fourth-order valence-corrected chi connectivity index (χ4v) is 2.83. The fraction of sp³-hybridized carbons (Fsp3) is 0.333. The second kappa shape index (κ2) is 3.89. The molecule has 3 nitrogen and oxygen atoms in total. The summed E-state index contributed by atoms with van der Waals surface area (Å²) in [7, 11) is 0. The summed E-state index contributed by atoms with van der Waals surface area (Å²) < 4.78 is 5.66. The Labute approximate surface area is 105 Å². The minimum absolute atomic E-state index is 0.0119. The molecule has 0 saturated carbocycles. The molecule has 1 aliphatic carbocycles. The van der Waals surface area contributed by atoms with Crippen molar-refractivity contribution in [2.24, 2.45) is 0 Å². The lowest BCUT2D eigenvalue weighted by molar-refractivity contribution is 0.0149. The number of carbonyl (C=O) groups excluding carboxylic acids is 2. The standard InChI is InChI=1S/C15H14O3/c1-8-7-12-13(9(2)18-8)15(17)11-6-4-3-5-10(11)14(12)16/h3-6,8-9H,7H2,1-2H3/t8-,9-/m1/s1. The number of fused-ring (bicyclic) bond motifs is 1. The average Bonchev–Trinajstić information content (AvgIpc) is 2.35. The highest BCUT2D eigenvalue weighted by atomic mass is 16.5. The van der Waals surface area contributed by atoms with E-state index in [0.29, 0.717) is 28.7 Å². The maximum atomic E-state index is 12.4. The van der Waals surface area contributed by atoms with Gasteiger partial charge < -0.3 is 4.74 Å². The van der Waals surface area contributed by atoms with Crippen molar-refractivity contribution in [1.29, 1.82) is 0 Å². The Hall–Kier alpha value is -1.74. The zero-order valence-corrected chi connectivity index (χ0v) is 10.4. The van der Waals surface area contributed by atoms with Gasteiger partial charge in [-0.3, -0.25) is 9.59 Å². The average molecular weight is 242 g/mol. The first-order valence-corrected chi connectivity index (χ1v) is 6.16.